The zero-order chi connectivity index (χ0) is 14.6. The van der Waals surface area contributed by atoms with Gasteiger partial charge in [-0.2, -0.15) is 0 Å². The molecule has 1 atom stereocenters. The van der Waals surface area contributed by atoms with Gasteiger partial charge in [0.05, 0.1) is 18.1 Å². The maximum absolute atomic E-state index is 10.8. The van der Waals surface area contributed by atoms with Crippen LogP contribution in [0.1, 0.15) is 6.92 Å². The summed E-state index contributed by atoms with van der Waals surface area (Å²) < 4.78 is 9.99. The topological polar surface area (TPSA) is 125 Å². The Bertz CT molecular complexity index is 500. The summed E-state index contributed by atoms with van der Waals surface area (Å²) in [6.45, 7) is 0.971. The van der Waals surface area contributed by atoms with Gasteiger partial charge in [0.15, 0.2) is 5.75 Å². The van der Waals surface area contributed by atoms with Crippen molar-refractivity contribution in [2.75, 3.05) is 13.7 Å². The van der Waals surface area contributed by atoms with Crippen LogP contribution in [-0.2, 0) is 4.79 Å². The second-order valence-electron chi connectivity index (χ2n) is 4.10. The van der Waals surface area contributed by atoms with Crippen molar-refractivity contribution < 1.29 is 24.3 Å². The predicted octanol–water partition coefficient (Wildman–Crippen LogP) is 0.784. The number of nitrogens with zero attached hydrogens (tertiary/aromatic N) is 1. The summed E-state index contributed by atoms with van der Waals surface area (Å²) in [4.78, 5) is 21.0. The molecule has 19 heavy (non-hydrogen) atoms. The summed E-state index contributed by atoms with van der Waals surface area (Å²) in [7, 11) is 1.31. The number of carboxylic acid groups (broad SMARTS) is 1. The highest BCUT2D eigenvalue weighted by Crippen LogP contribution is 2.30. The Morgan fingerprint density at radius 1 is 1.58 bits per heavy atom. The number of methoxy groups -OCH3 is 1. The molecule has 0 aromatic heterocycles. The van der Waals surface area contributed by atoms with Gasteiger partial charge in [-0.15, -0.1) is 0 Å². The molecule has 0 saturated carbocycles. The monoisotopic (exact) mass is 270 g/mol. The molecule has 1 aromatic rings. The molecule has 0 bridgehead atoms. The van der Waals surface area contributed by atoms with Gasteiger partial charge in [0.2, 0.25) is 0 Å². The highest BCUT2D eigenvalue weighted by atomic mass is 16.6. The van der Waals surface area contributed by atoms with E-state index < -0.39 is 16.4 Å². The van der Waals surface area contributed by atoms with Gasteiger partial charge in [-0.05, 0) is 19.1 Å². The number of benzene rings is 1. The van der Waals surface area contributed by atoms with Crippen molar-refractivity contribution >= 4 is 11.7 Å². The number of nitrogens with two attached hydrogens (primary N) is 1. The standard InChI is InChI=1S/C11H14N2O6/c1-11(12,10(14)15)6-19-7-3-4-9(18-2)8(5-7)13(16)17/h3-5H,6,12H2,1-2H3,(H,14,15). The summed E-state index contributed by atoms with van der Waals surface area (Å²) in [5, 5.41) is 19.6. The number of hydrogen-bond donors (Lipinski definition) is 2. The number of nitro groups is 1. The molecule has 0 aliphatic rings. The second kappa shape index (κ2) is 5.53. The van der Waals surface area contributed by atoms with Gasteiger partial charge in [0.1, 0.15) is 17.9 Å². The van der Waals surface area contributed by atoms with Crippen molar-refractivity contribution in [2.24, 2.45) is 5.73 Å². The van der Waals surface area contributed by atoms with E-state index in [9.17, 15) is 14.9 Å². The van der Waals surface area contributed by atoms with Gasteiger partial charge < -0.3 is 20.3 Å². The molecule has 104 valence electrons. The summed E-state index contributed by atoms with van der Waals surface area (Å²) in [5.74, 6) is -0.993. The fourth-order valence-corrected chi connectivity index (χ4v) is 1.20. The zero-order valence-corrected chi connectivity index (χ0v) is 10.5. The molecule has 0 aliphatic carbocycles. The minimum Gasteiger partial charge on any atom is -0.491 e. The number of rotatable bonds is 6. The number of carbonyl (C=O) groups is 1. The van der Waals surface area contributed by atoms with Crippen LogP contribution in [0.3, 0.4) is 0 Å². The molecule has 0 aliphatic heterocycles. The average molecular weight is 270 g/mol. The fraction of sp³-hybridized carbons (Fsp3) is 0.364. The van der Waals surface area contributed by atoms with Crippen LogP contribution in [-0.4, -0.2) is 35.3 Å². The van der Waals surface area contributed by atoms with Gasteiger partial charge in [-0.1, -0.05) is 0 Å². The summed E-state index contributed by atoms with van der Waals surface area (Å²) in [6.07, 6.45) is 0. The third-order valence-corrected chi connectivity index (χ3v) is 2.37. The first kappa shape index (κ1) is 14.7. The third-order valence-electron chi connectivity index (χ3n) is 2.37. The first-order valence-electron chi connectivity index (χ1n) is 5.25. The van der Waals surface area contributed by atoms with Crippen LogP contribution in [0, 0.1) is 10.1 Å². The minimum atomic E-state index is -1.57. The Balaban J connectivity index is 2.89. The molecule has 0 saturated heterocycles. The number of hydrogen-bond acceptors (Lipinski definition) is 6. The Kier molecular flexibility index (Phi) is 4.28. The van der Waals surface area contributed by atoms with E-state index in [2.05, 4.69) is 0 Å². The molecule has 1 unspecified atom stereocenters. The van der Waals surface area contributed by atoms with Crippen LogP contribution in [0.4, 0.5) is 5.69 Å². The summed E-state index contributed by atoms with van der Waals surface area (Å²) in [6, 6.07) is 3.95. The molecule has 3 N–H and O–H groups in total. The predicted molar refractivity (Wildman–Crippen MR) is 65.4 cm³/mol. The lowest BCUT2D eigenvalue weighted by molar-refractivity contribution is -0.385. The van der Waals surface area contributed by atoms with Gasteiger partial charge in [-0.3, -0.25) is 14.9 Å². The molecule has 0 heterocycles. The minimum absolute atomic E-state index is 0.0890. The Morgan fingerprint density at radius 2 is 2.21 bits per heavy atom. The Morgan fingerprint density at radius 3 is 2.68 bits per heavy atom. The van der Waals surface area contributed by atoms with Crippen LogP contribution in [0.2, 0.25) is 0 Å². The van der Waals surface area contributed by atoms with Crippen molar-refractivity contribution in [1.82, 2.24) is 0 Å². The fourth-order valence-electron chi connectivity index (χ4n) is 1.20. The summed E-state index contributed by atoms with van der Waals surface area (Å²) >= 11 is 0. The zero-order valence-electron chi connectivity index (χ0n) is 10.5. The van der Waals surface area contributed by atoms with Crippen LogP contribution >= 0.6 is 0 Å². The molecular formula is C11H14N2O6. The van der Waals surface area contributed by atoms with Crippen LogP contribution < -0.4 is 15.2 Å². The molecule has 0 spiro atoms. The highest BCUT2D eigenvalue weighted by molar-refractivity contribution is 5.78. The van der Waals surface area contributed by atoms with E-state index in [1.165, 1.54) is 26.2 Å². The maximum atomic E-state index is 10.8. The van der Waals surface area contributed by atoms with E-state index in [1.807, 2.05) is 0 Å². The highest BCUT2D eigenvalue weighted by Gasteiger charge is 2.29. The largest absolute Gasteiger partial charge is 0.491 e. The van der Waals surface area contributed by atoms with Gasteiger partial charge >= 0.3 is 11.7 Å². The normalized spacial score (nSPS) is 13.4. The van der Waals surface area contributed by atoms with Crippen molar-refractivity contribution in [1.29, 1.82) is 0 Å². The van der Waals surface area contributed by atoms with Crippen molar-refractivity contribution in [3.63, 3.8) is 0 Å². The van der Waals surface area contributed by atoms with Gasteiger partial charge in [-0.25, -0.2) is 0 Å². The Labute approximate surface area is 108 Å². The molecule has 0 fully saturated rings. The lowest BCUT2D eigenvalue weighted by Crippen LogP contribution is -2.49. The first-order chi connectivity index (χ1) is 8.77. The lowest BCUT2D eigenvalue weighted by Gasteiger charge is -2.19. The lowest BCUT2D eigenvalue weighted by atomic mass is 10.1. The SMILES string of the molecule is COc1ccc(OCC(C)(N)C(=O)O)cc1[N+](=O)[O-]. The quantitative estimate of drug-likeness (QED) is 0.578. The van der Waals surface area contributed by atoms with E-state index in [4.69, 9.17) is 20.3 Å². The molecule has 1 aromatic carbocycles. The van der Waals surface area contributed by atoms with Crippen molar-refractivity contribution in [3.8, 4) is 11.5 Å². The van der Waals surface area contributed by atoms with Gasteiger partial charge in [0, 0.05) is 0 Å². The number of carboxylic acids is 1. The molecule has 0 radical (unpaired) electrons. The maximum Gasteiger partial charge on any atom is 0.326 e. The van der Waals surface area contributed by atoms with E-state index in [0.717, 1.165) is 6.07 Å². The number of aliphatic carboxylic acids is 1. The van der Waals surface area contributed by atoms with E-state index >= 15 is 0 Å². The van der Waals surface area contributed by atoms with Crippen molar-refractivity contribution in [2.45, 2.75) is 12.5 Å². The van der Waals surface area contributed by atoms with E-state index in [-0.39, 0.29) is 23.8 Å². The van der Waals surface area contributed by atoms with Crippen molar-refractivity contribution in [3.05, 3.63) is 28.3 Å². The van der Waals surface area contributed by atoms with Crippen LogP contribution in [0.5, 0.6) is 11.5 Å². The number of ether oxygens (including phenoxy) is 2. The first-order valence-corrected chi connectivity index (χ1v) is 5.25. The van der Waals surface area contributed by atoms with E-state index in [1.54, 1.807) is 0 Å². The smallest absolute Gasteiger partial charge is 0.326 e. The number of nitro benzene ring substituents is 1. The Hall–Kier alpha value is -2.35. The molecule has 8 nitrogen and oxygen atoms in total. The average Bonchev–Trinajstić information content (AvgIpc) is 2.35. The van der Waals surface area contributed by atoms with Crippen LogP contribution in [0.25, 0.3) is 0 Å². The summed E-state index contributed by atoms with van der Waals surface area (Å²) in [5.41, 5.74) is 3.63. The molecule has 1 rings (SSSR count). The third kappa shape index (κ3) is 3.55. The molecular weight excluding hydrogens is 256 g/mol. The van der Waals surface area contributed by atoms with E-state index in [0.29, 0.717) is 0 Å². The molecule has 0 amide bonds. The van der Waals surface area contributed by atoms with Crippen LogP contribution in [0.15, 0.2) is 18.2 Å². The van der Waals surface area contributed by atoms with Gasteiger partial charge in [0.25, 0.3) is 0 Å². The molecule has 8 heteroatoms. The second-order valence-corrected chi connectivity index (χ2v) is 4.10.